The average Bonchev–Trinajstić information content (AvgIpc) is 2.32. The molecule has 3 N–H and O–H groups in total. The van der Waals surface area contributed by atoms with Gasteiger partial charge < -0.3 is 11.1 Å². The van der Waals surface area contributed by atoms with E-state index in [9.17, 15) is 0 Å². The molecule has 0 aromatic rings. The number of guanidine groups is 1. The highest BCUT2D eigenvalue weighted by atomic mass is 32.2. The molecule has 0 aliphatic carbocycles. The van der Waals surface area contributed by atoms with Crippen molar-refractivity contribution in [3.05, 3.63) is 0 Å². The number of nitrogens with two attached hydrogens (primary N) is 1. The fraction of sp³-hybridized carbons (Fsp3) is 0.900. The minimum Gasteiger partial charge on any atom is -0.370 e. The predicted molar refractivity (Wildman–Crippen MR) is 64.8 cm³/mol. The summed E-state index contributed by atoms with van der Waals surface area (Å²) in [7, 11) is 0. The van der Waals surface area contributed by atoms with Crippen LogP contribution >= 0.6 is 11.8 Å². The fourth-order valence-electron chi connectivity index (χ4n) is 1.49. The number of rotatable bonds is 1. The molecule has 1 aliphatic heterocycles. The van der Waals surface area contributed by atoms with Crippen molar-refractivity contribution < 1.29 is 0 Å². The molecular formula is C10H21N3S. The predicted octanol–water partition coefficient (Wildman–Crippen LogP) is 1.58. The Bertz CT molecular complexity index is 220. The Kier molecular flexibility index (Phi) is 3.70. The number of hydrogen-bond donors (Lipinski definition) is 2. The third-order valence-electron chi connectivity index (χ3n) is 2.14. The summed E-state index contributed by atoms with van der Waals surface area (Å²) in [6.45, 7) is 8.48. The molecule has 1 aliphatic rings. The molecule has 0 saturated carbocycles. The van der Waals surface area contributed by atoms with Crippen LogP contribution in [-0.2, 0) is 0 Å². The molecule has 2 atom stereocenters. The highest BCUT2D eigenvalue weighted by Crippen LogP contribution is 2.28. The molecule has 1 rings (SSSR count). The first kappa shape index (κ1) is 11.7. The zero-order valence-corrected chi connectivity index (χ0v) is 10.3. The maximum Gasteiger partial charge on any atom is 0.189 e. The van der Waals surface area contributed by atoms with E-state index in [1.807, 2.05) is 11.8 Å². The van der Waals surface area contributed by atoms with Crippen molar-refractivity contribution >= 4 is 17.7 Å². The van der Waals surface area contributed by atoms with Crippen LogP contribution in [0.1, 0.15) is 34.1 Å². The van der Waals surface area contributed by atoms with Crippen molar-refractivity contribution in [1.82, 2.24) is 5.32 Å². The van der Waals surface area contributed by atoms with E-state index < -0.39 is 0 Å². The third kappa shape index (κ3) is 3.78. The van der Waals surface area contributed by atoms with Gasteiger partial charge in [-0.05, 0) is 32.9 Å². The Morgan fingerprint density at radius 2 is 2.14 bits per heavy atom. The van der Waals surface area contributed by atoms with Crippen molar-refractivity contribution in [3.63, 3.8) is 0 Å². The molecule has 82 valence electrons. The molecule has 1 fully saturated rings. The van der Waals surface area contributed by atoms with E-state index in [0.717, 1.165) is 6.42 Å². The maximum atomic E-state index is 5.83. The molecule has 0 radical (unpaired) electrons. The summed E-state index contributed by atoms with van der Waals surface area (Å²) in [6.07, 6.45) is 1.15. The number of aliphatic imine (C=N–C) groups is 1. The smallest absolute Gasteiger partial charge is 0.189 e. The number of nitrogens with one attached hydrogen (secondary N) is 1. The summed E-state index contributed by atoms with van der Waals surface area (Å²) in [5.74, 6) is 1.79. The Hall–Kier alpha value is -0.380. The van der Waals surface area contributed by atoms with Crippen LogP contribution in [0.2, 0.25) is 0 Å². The Balaban J connectivity index is 2.50. The van der Waals surface area contributed by atoms with Crippen LogP contribution in [0.4, 0.5) is 0 Å². The Labute approximate surface area is 90.9 Å². The summed E-state index contributed by atoms with van der Waals surface area (Å²) in [5, 5.41) is 3.79. The van der Waals surface area contributed by atoms with Crippen molar-refractivity contribution in [3.8, 4) is 0 Å². The van der Waals surface area contributed by atoms with Crippen molar-refractivity contribution in [2.75, 3.05) is 5.75 Å². The van der Waals surface area contributed by atoms with E-state index >= 15 is 0 Å². The van der Waals surface area contributed by atoms with E-state index in [1.165, 1.54) is 5.75 Å². The maximum absolute atomic E-state index is 5.83. The van der Waals surface area contributed by atoms with Crippen LogP contribution in [0.25, 0.3) is 0 Å². The van der Waals surface area contributed by atoms with Gasteiger partial charge in [-0.25, -0.2) is 4.99 Å². The lowest BCUT2D eigenvalue weighted by atomic mass is 10.1. The minimum absolute atomic E-state index is 0.00255. The first-order valence-corrected chi connectivity index (χ1v) is 6.16. The molecule has 0 amide bonds. The van der Waals surface area contributed by atoms with Gasteiger partial charge in [0, 0.05) is 10.8 Å². The zero-order chi connectivity index (χ0) is 10.8. The lowest BCUT2D eigenvalue weighted by molar-refractivity contribution is 0.505. The first-order valence-electron chi connectivity index (χ1n) is 5.11. The largest absolute Gasteiger partial charge is 0.370 e. The van der Waals surface area contributed by atoms with Gasteiger partial charge >= 0.3 is 0 Å². The van der Waals surface area contributed by atoms with Crippen molar-refractivity contribution in [2.24, 2.45) is 10.7 Å². The summed E-state index contributed by atoms with van der Waals surface area (Å²) in [4.78, 5) is 4.50. The van der Waals surface area contributed by atoms with Gasteiger partial charge in [-0.2, -0.15) is 11.8 Å². The second-order valence-corrected chi connectivity index (χ2v) is 6.31. The number of nitrogens with zero attached hydrogens (tertiary/aromatic N) is 1. The van der Waals surface area contributed by atoms with Gasteiger partial charge in [-0.3, -0.25) is 0 Å². The molecule has 14 heavy (non-hydrogen) atoms. The first-order chi connectivity index (χ1) is 6.38. The molecule has 4 heteroatoms. The summed E-state index contributed by atoms with van der Waals surface area (Å²) in [5.41, 5.74) is 5.83. The molecule has 1 saturated heterocycles. The van der Waals surface area contributed by atoms with Crippen LogP contribution in [0.3, 0.4) is 0 Å². The summed E-state index contributed by atoms with van der Waals surface area (Å²) in [6, 6.07) is 0.398. The van der Waals surface area contributed by atoms with E-state index in [0.29, 0.717) is 17.3 Å². The van der Waals surface area contributed by atoms with Crippen LogP contribution in [0.5, 0.6) is 0 Å². The van der Waals surface area contributed by atoms with E-state index in [1.54, 1.807) is 0 Å². The van der Waals surface area contributed by atoms with Crippen molar-refractivity contribution in [1.29, 1.82) is 0 Å². The molecule has 0 aromatic carbocycles. The van der Waals surface area contributed by atoms with Gasteiger partial charge in [0.15, 0.2) is 5.96 Å². The second kappa shape index (κ2) is 4.43. The van der Waals surface area contributed by atoms with E-state index in [4.69, 9.17) is 5.73 Å². The van der Waals surface area contributed by atoms with Crippen LogP contribution < -0.4 is 11.1 Å². The zero-order valence-electron chi connectivity index (χ0n) is 9.50. The number of hydrogen-bond acceptors (Lipinski definition) is 2. The van der Waals surface area contributed by atoms with Gasteiger partial charge in [0.05, 0.1) is 6.04 Å². The van der Waals surface area contributed by atoms with E-state index in [2.05, 4.69) is 38.0 Å². The Morgan fingerprint density at radius 1 is 1.50 bits per heavy atom. The lowest BCUT2D eigenvalue weighted by Crippen LogP contribution is -2.45. The standard InChI is InChI=1S/C10H21N3S/c1-7-8(5-6-14-7)12-9(11)13-10(2,3)4/h7-8H,5-6H2,1-4H3,(H3,11,12,13). The van der Waals surface area contributed by atoms with Gasteiger partial charge in [0.1, 0.15) is 0 Å². The van der Waals surface area contributed by atoms with Gasteiger partial charge in [-0.15, -0.1) is 0 Å². The molecule has 2 unspecified atom stereocenters. The lowest BCUT2D eigenvalue weighted by Gasteiger charge is -2.22. The molecule has 3 nitrogen and oxygen atoms in total. The van der Waals surface area contributed by atoms with Gasteiger partial charge in [0.2, 0.25) is 0 Å². The minimum atomic E-state index is 0.00255. The van der Waals surface area contributed by atoms with E-state index in [-0.39, 0.29) is 5.54 Å². The molecule has 0 spiro atoms. The second-order valence-electron chi connectivity index (χ2n) is 4.82. The average molecular weight is 215 g/mol. The molecular weight excluding hydrogens is 194 g/mol. The SMILES string of the molecule is CC1SCCC1N=C(N)NC(C)(C)C. The normalized spacial score (nSPS) is 29.3. The van der Waals surface area contributed by atoms with Crippen molar-refractivity contribution in [2.45, 2.75) is 50.9 Å². The highest BCUT2D eigenvalue weighted by Gasteiger charge is 2.23. The molecule has 0 bridgehead atoms. The fourth-order valence-corrected chi connectivity index (χ4v) is 2.65. The molecule has 1 heterocycles. The third-order valence-corrected chi connectivity index (χ3v) is 3.46. The summed E-state index contributed by atoms with van der Waals surface area (Å²) >= 11 is 1.97. The van der Waals surface area contributed by atoms with Gasteiger partial charge in [0.25, 0.3) is 0 Å². The monoisotopic (exact) mass is 215 g/mol. The summed E-state index contributed by atoms with van der Waals surface area (Å²) < 4.78 is 0. The molecule has 0 aromatic heterocycles. The van der Waals surface area contributed by atoms with Crippen LogP contribution in [-0.4, -0.2) is 28.5 Å². The Morgan fingerprint density at radius 3 is 2.57 bits per heavy atom. The van der Waals surface area contributed by atoms with Crippen LogP contribution in [0.15, 0.2) is 4.99 Å². The number of thioether (sulfide) groups is 1. The quantitative estimate of drug-likeness (QED) is 0.516. The topological polar surface area (TPSA) is 50.4 Å². The van der Waals surface area contributed by atoms with Crippen LogP contribution in [0, 0.1) is 0 Å². The highest BCUT2D eigenvalue weighted by molar-refractivity contribution is 8.00. The van der Waals surface area contributed by atoms with Gasteiger partial charge in [-0.1, -0.05) is 6.92 Å².